The number of hydrazine groups is 1. The van der Waals surface area contributed by atoms with Crippen LogP contribution in [0.2, 0.25) is 10.2 Å². The van der Waals surface area contributed by atoms with Gasteiger partial charge in [0.2, 0.25) is 5.91 Å². The number of aromatic nitrogens is 4. The van der Waals surface area contributed by atoms with E-state index in [0.29, 0.717) is 22.9 Å². The number of nitrogens with zero attached hydrogens (tertiary/aromatic N) is 6. The number of amidine groups is 1. The van der Waals surface area contributed by atoms with Gasteiger partial charge in [-0.25, -0.2) is 20.3 Å². The zero-order valence-corrected chi connectivity index (χ0v) is 18.6. The Morgan fingerprint density at radius 1 is 1.32 bits per heavy atom. The van der Waals surface area contributed by atoms with Crippen molar-refractivity contribution in [2.24, 2.45) is 16.7 Å². The van der Waals surface area contributed by atoms with Crippen molar-refractivity contribution >= 4 is 52.1 Å². The van der Waals surface area contributed by atoms with Crippen LogP contribution in [-0.2, 0) is 10.2 Å². The van der Waals surface area contributed by atoms with Gasteiger partial charge < -0.3 is 11.1 Å². The molecule has 0 saturated carbocycles. The highest BCUT2D eigenvalue weighted by Crippen LogP contribution is 2.46. The molecule has 3 heterocycles. The molecule has 0 aromatic carbocycles. The molecule has 10 nitrogen and oxygen atoms in total. The Balaban J connectivity index is 1.61. The molecule has 3 aromatic heterocycles. The third-order valence-electron chi connectivity index (χ3n) is 5.10. The van der Waals surface area contributed by atoms with Gasteiger partial charge in [-0.15, -0.1) is 5.10 Å². The van der Waals surface area contributed by atoms with Gasteiger partial charge in [-0.05, 0) is 19.4 Å². The maximum atomic E-state index is 13.1. The molecule has 4 rings (SSSR count). The van der Waals surface area contributed by atoms with Crippen molar-refractivity contribution in [2.75, 3.05) is 10.4 Å². The second-order valence-corrected chi connectivity index (χ2v) is 8.84. The van der Waals surface area contributed by atoms with Gasteiger partial charge in [0.05, 0.1) is 28.5 Å². The Bertz CT molecular complexity index is 1220. The minimum absolute atomic E-state index is 0.197. The topological polar surface area (TPSA) is 140 Å². The lowest BCUT2D eigenvalue weighted by molar-refractivity contribution is -0.117. The third-order valence-corrected chi connectivity index (χ3v) is 5.56. The molecule has 3 aromatic rings. The van der Waals surface area contributed by atoms with E-state index in [0.717, 1.165) is 16.4 Å². The summed E-state index contributed by atoms with van der Waals surface area (Å²) >= 11 is 12.3. The lowest BCUT2D eigenvalue weighted by atomic mass is 9.88. The lowest BCUT2D eigenvalue weighted by Crippen LogP contribution is -2.29. The number of fused-ring (bicyclic) bond motifs is 3. The third kappa shape index (κ3) is 3.89. The van der Waals surface area contributed by atoms with Crippen molar-refractivity contribution in [3.8, 4) is 0 Å². The number of rotatable bonds is 4. The van der Waals surface area contributed by atoms with E-state index < -0.39 is 5.92 Å². The highest BCUT2D eigenvalue weighted by atomic mass is 35.5. The summed E-state index contributed by atoms with van der Waals surface area (Å²) in [7, 11) is 0. The second-order valence-electron chi connectivity index (χ2n) is 8.04. The first-order valence-electron chi connectivity index (χ1n) is 9.43. The molecule has 1 unspecified atom stereocenters. The average Bonchev–Trinajstić information content (AvgIpc) is 3.17. The highest BCUT2D eigenvalue weighted by Gasteiger charge is 2.43. The first-order chi connectivity index (χ1) is 14.6. The lowest BCUT2D eigenvalue weighted by Gasteiger charge is -2.19. The number of carbonyl (C=O) groups excluding carboxylic acids is 1. The predicted octanol–water partition coefficient (Wildman–Crippen LogP) is 2.81. The molecule has 5 N–H and O–H groups in total. The fraction of sp³-hybridized carbons (Fsp3) is 0.316. The highest BCUT2D eigenvalue weighted by molar-refractivity contribution is 6.33. The number of nitrogens with one attached hydrogen (secondary N) is 1. The molecule has 1 atom stereocenters. The van der Waals surface area contributed by atoms with Crippen molar-refractivity contribution in [1.82, 2.24) is 19.6 Å². The van der Waals surface area contributed by atoms with Crippen LogP contribution in [0, 0.1) is 0 Å². The first kappa shape index (κ1) is 21.3. The molecule has 1 aliphatic carbocycles. The Morgan fingerprint density at radius 2 is 2.06 bits per heavy atom. The number of hydrogen-bond acceptors (Lipinski definition) is 7. The summed E-state index contributed by atoms with van der Waals surface area (Å²) in [6.45, 7) is 5.72. The van der Waals surface area contributed by atoms with Crippen LogP contribution in [0.3, 0.4) is 0 Å². The summed E-state index contributed by atoms with van der Waals surface area (Å²) in [5, 5.41) is 12.6. The summed E-state index contributed by atoms with van der Waals surface area (Å²) in [4.78, 5) is 21.7. The van der Waals surface area contributed by atoms with Crippen molar-refractivity contribution in [3.63, 3.8) is 0 Å². The van der Waals surface area contributed by atoms with Crippen molar-refractivity contribution in [2.45, 2.75) is 38.5 Å². The Kier molecular flexibility index (Phi) is 5.24. The molecule has 0 radical (unpaired) electrons. The summed E-state index contributed by atoms with van der Waals surface area (Å²) in [5.74, 6) is 5.63. The van der Waals surface area contributed by atoms with Gasteiger partial charge in [-0.1, -0.05) is 37.0 Å². The predicted molar refractivity (Wildman–Crippen MR) is 120 cm³/mol. The van der Waals surface area contributed by atoms with Crippen molar-refractivity contribution in [1.29, 1.82) is 0 Å². The Morgan fingerprint density at radius 3 is 2.74 bits per heavy atom. The van der Waals surface area contributed by atoms with Crippen LogP contribution in [0.4, 0.5) is 11.5 Å². The number of anilines is 2. The molecule has 0 bridgehead atoms. The van der Waals surface area contributed by atoms with E-state index in [1.165, 1.54) is 6.20 Å². The van der Waals surface area contributed by atoms with Gasteiger partial charge in [0.1, 0.15) is 5.84 Å². The monoisotopic (exact) mass is 461 g/mol. The van der Waals surface area contributed by atoms with Crippen molar-refractivity contribution < 1.29 is 4.79 Å². The molecule has 0 saturated heterocycles. The number of pyridine rings is 1. The van der Waals surface area contributed by atoms with Crippen LogP contribution >= 0.6 is 23.2 Å². The van der Waals surface area contributed by atoms with E-state index in [9.17, 15) is 4.79 Å². The molecule has 31 heavy (non-hydrogen) atoms. The molecule has 12 heteroatoms. The second kappa shape index (κ2) is 7.63. The smallest absolute Gasteiger partial charge is 0.232 e. The van der Waals surface area contributed by atoms with Gasteiger partial charge in [0, 0.05) is 23.2 Å². The summed E-state index contributed by atoms with van der Waals surface area (Å²) in [5.41, 5.74) is 8.04. The van der Waals surface area contributed by atoms with E-state index in [1.807, 2.05) is 0 Å². The van der Waals surface area contributed by atoms with Crippen LogP contribution in [0.25, 0.3) is 5.65 Å². The molecule has 0 aliphatic heterocycles. The minimum atomic E-state index is -0.418. The van der Waals surface area contributed by atoms with Crippen LogP contribution in [0.5, 0.6) is 0 Å². The molecule has 0 spiro atoms. The van der Waals surface area contributed by atoms with Gasteiger partial charge in [-0.3, -0.25) is 4.79 Å². The largest absolute Gasteiger partial charge is 0.386 e. The number of carbonyl (C=O) groups is 1. The number of amides is 1. The van der Waals surface area contributed by atoms with E-state index in [4.69, 9.17) is 34.8 Å². The van der Waals surface area contributed by atoms with Crippen molar-refractivity contribution in [3.05, 3.63) is 46.0 Å². The normalized spacial score (nSPS) is 17.6. The van der Waals surface area contributed by atoms with Gasteiger partial charge in [0.15, 0.2) is 16.6 Å². The first-order valence-corrected chi connectivity index (χ1v) is 10.2. The Hall–Kier alpha value is -2.95. The average molecular weight is 462 g/mol. The van der Waals surface area contributed by atoms with E-state index >= 15 is 0 Å². The summed E-state index contributed by atoms with van der Waals surface area (Å²) in [6, 6.07) is 3.25. The van der Waals surface area contributed by atoms with Gasteiger partial charge in [0.25, 0.3) is 0 Å². The fourth-order valence-electron chi connectivity index (χ4n) is 3.92. The maximum Gasteiger partial charge on any atom is 0.232 e. The molecular formula is C19H21Cl2N9O. The standard InChI is InChI=1S/C19H21Cl2N9O/c1-9(22)27-30(23)17-13(20)4-10(7-25-17)26-18(31)11-6-19(2,3)16-12(11)8-24-15-5-14(21)28-29(15)16/h4-5,7-8,11H,6,23H2,1-3H3,(H2,22,27)(H,26,31). The molecule has 162 valence electrons. The minimum Gasteiger partial charge on any atom is -0.386 e. The van der Waals surface area contributed by atoms with Gasteiger partial charge >= 0.3 is 0 Å². The fourth-order valence-corrected chi connectivity index (χ4v) is 4.34. The summed E-state index contributed by atoms with van der Waals surface area (Å²) < 4.78 is 1.72. The molecule has 0 fully saturated rings. The molecule has 1 aliphatic rings. The van der Waals surface area contributed by atoms with E-state index in [-0.39, 0.29) is 28.0 Å². The number of hydrazone groups is 1. The zero-order chi connectivity index (χ0) is 22.5. The number of nitrogens with two attached hydrogens (primary N) is 2. The number of hydrogen-bond donors (Lipinski definition) is 3. The summed E-state index contributed by atoms with van der Waals surface area (Å²) in [6.07, 6.45) is 3.76. The van der Waals surface area contributed by atoms with Crippen LogP contribution < -0.4 is 22.0 Å². The quantitative estimate of drug-likeness (QED) is 0.234. The molecule has 1 amide bonds. The van der Waals surface area contributed by atoms with E-state index in [1.54, 1.807) is 29.8 Å². The zero-order valence-electron chi connectivity index (χ0n) is 17.1. The van der Waals surface area contributed by atoms with E-state index in [2.05, 4.69) is 39.3 Å². The van der Waals surface area contributed by atoms with Crippen LogP contribution in [0.1, 0.15) is 44.4 Å². The van der Waals surface area contributed by atoms with Crippen LogP contribution in [0.15, 0.2) is 29.6 Å². The van der Waals surface area contributed by atoms with Crippen LogP contribution in [-0.4, -0.2) is 31.3 Å². The number of halogens is 2. The SMILES string of the molecule is C/C(N)=N/N(N)c1ncc(NC(=O)C2CC(C)(C)c3c2cnc2cc(Cl)nn32)cc1Cl. The molecular weight excluding hydrogens is 441 g/mol. The Labute approximate surface area is 188 Å². The van der Waals surface area contributed by atoms with Gasteiger partial charge in [-0.2, -0.15) is 10.2 Å². The maximum absolute atomic E-state index is 13.1.